The molecule has 0 N–H and O–H groups in total. The lowest BCUT2D eigenvalue weighted by Crippen LogP contribution is -2.41. The minimum Gasteiger partial charge on any atom is -0.489 e. The summed E-state index contributed by atoms with van der Waals surface area (Å²) in [7, 11) is -4.32. The molecule has 1 amide bonds. The molecule has 1 fully saturated rings. The first kappa shape index (κ1) is 31.4. The van der Waals surface area contributed by atoms with Crippen LogP contribution in [0.4, 0.5) is 23.2 Å². The summed E-state index contributed by atoms with van der Waals surface area (Å²) in [6.07, 6.45) is -1.18. The molecule has 0 aromatic heterocycles. The number of anilines is 1. The summed E-state index contributed by atoms with van der Waals surface area (Å²) in [5.74, 6) is 0.0630. The predicted molar refractivity (Wildman–Crippen MR) is 154 cm³/mol. The second-order valence-corrected chi connectivity index (χ2v) is 12.0. The van der Waals surface area contributed by atoms with Gasteiger partial charge < -0.3 is 9.64 Å². The van der Waals surface area contributed by atoms with Crippen molar-refractivity contribution in [1.82, 2.24) is 4.90 Å². The monoisotopic (exact) mass is 624 g/mol. The molecule has 42 heavy (non-hydrogen) atoms. The minimum absolute atomic E-state index is 0.0320. The highest BCUT2D eigenvalue weighted by molar-refractivity contribution is 7.92. The van der Waals surface area contributed by atoms with Gasteiger partial charge in [0.1, 0.15) is 18.2 Å². The van der Waals surface area contributed by atoms with Crippen molar-refractivity contribution >= 4 is 44.9 Å². The van der Waals surface area contributed by atoms with Gasteiger partial charge in [-0.2, -0.15) is 13.2 Å². The number of allylic oxidation sites excluding steroid dienone is 1. The van der Waals surface area contributed by atoms with Crippen LogP contribution in [-0.2, 0) is 21.0 Å². The lowest BCUT2D eigenvalue weighted by Gasteiger charge is -2.31. The molecular weight excluding hydrogens is 596 g/mol. The summed E-state index contributed by atoms with van der Waals surface area (Å²) < 4.78 is 86.9. The first-order valence-electron chi connectivity index (χ1n) is 13.2. The van der Waals surface area contributed by atoms with E-state index in [0.717, 1.165) is 35.6 Å². The highest BCUT2D eigenvalue weighted by Gasteiger charge is 2.34. The smallest absolute Gasteiger partial charge is 0.416 e. The van der Waals surface area contributed by atoms with Gasteiger partial charge in [0.05, 0.1) is 27.7 Å². The van der Waals surface area contributed by atoms with E-state index in [1.54, 1.807) is 31.2 Å². The van der Waals surface area contributed by atoms with Crippen LogP contribution in [0.3, 0.4) is 0 Å². The van der Waals surface area contributed by atoms with E-state index < -0.39 is 32.5 Å². The summed E-state index contributed by atoms with van der Waals surface area (Å²) >= 11 is 6.13. The zero-order valence-electron chi connectivity index (χ0n) is 22.9. The van der Waals surface area contributed by atoms with Crippen molar-refractivity contribution in [2.75, 3.05) is 30.5 Å². The Kier molecular flexibility index (Phi) is 9.52. The lowest BCUT2D eigenvalue weighted by molar-refractivity contribution is -0.137. The highest BCUT2D eigenvalue weighted by atomic mass is 35.5. The van der Waals surface area contributed by atoms with E-state index in [-0.39, 0.29) is 35.2 Å². The van der Waals surface area contributed by atoms with Crippen molar-refractivity contribution in [3.05, 3.63) is 88.2 Å². The molecule has 2 aliphatic heterocycles. The molecule has 3 aromatic rings. The van der Waals surface area contributed by atoms with E-state index in [2.05, 4.69) is 0 Å². The molecule has 0 bridgehead atoms. The lowest BCUT2D eigenvalue weighted by atomic mass is 10.0. The van der Waals surface area contributed by atoms with Crippen molar-refractivity contribution < 1.29 is 35.5 Å². The Balaban J connectivity index is 0.000000437. The molecule has 224 valence electrons. The number of likely N-dealkylation sites (tertiary alicyclic amines) is 1. The summed E-state index contributed by atoms with van der Waals surface area (Å²) in [5, 5.41) is 0.226. The van der Waals surface area contributed by atoms with Crippen LogP contribution in [0.2, 0.25) is 5.02 Å². The van der Waals surface area contributed by atoms with E-state index in [0.29, 0.717) is 29.5 Å². The fourth-order valence-corrected chi connectivity index (χ4v) is 6.31. The van der Waals surface area contributed by atoms with Crippen molar-refractivity contribution in [3.63, 3.8) is 0 Å². The van der Waals surface area contributed by atoms with Crippen molar-refractivity contribution in [2.24, 2.45) is 0 Å². The number of carbonyl (C=O) groups excluding carboxylic acids is 1. The first-order valence-corrected chi connectivity index (χ1v) is 15.0. The Bertz CT molecular complexity index is 1580. The maximum Gasteiger partial charge on any atom is 0.416 e. The quantitative estimate of drug-likeness (QED) is 0.221. The number of sulfonamides is 1. The van der Waals surface area contributed by atoms with E-state index in [4.69, 9.17) is 16.3 Å². The molecule has 0 spiro atoms. The average Bonchev–Trinajstić information content (AvgIpc) is 2.91. The standard InChI is InChI=1S/C24H18ClF4NO3S.C6H11NO/c1-15(23-19(25)6-3-7-20(23)26)12-16-8-9-22-21(13-16)30(10-11-33-22)34(31,32)18-5-2-4-17(14-18)24(27,28)29;1-2-6(8)7-4-3-5-7/h2-9,12-14H,10-11H2,1H3;2-5H2,1H3/b15-12+;. The number of nitrogens with zero attached hydrogens (tertiary/aromatic N) is 2. The summed E-state index contributed by atoms with van der Waals surface area (Å²) in [6, 6.07) is 12.7. The summed E-state index contributed by atoms with van der Waals surface area (Å²) in [6.45, 7) is 5.50. The van der Waals surface area contributed by atoms with Crippen molar-refractivity contribution in [1.29, 1.82) is 0 Å². The molecule has 3 aromatic carbocycles. The van der Waals surface area contributed by atoms with E-state index in [1.165, 1.54) is 24.6 Å². The van der Waals surface area contributed by atoms with Gasteiger partial charge in [0, 0.05) is 25.1 Å². The van der Waals surface area contributed by atoms with Crippen molar-refractivity contribution in [3.8, 4) is 5.75 Å². The maximum atomic E-state index is 14.3. The van der Waals surface area contributed by atoms with Crippen LogP contribution < -0.4 is 9.04 Å². The largest absolute Gasteiger partial charge is 0.489 e. The zero-order valence-corrected chi connectivity index (χ0v) is 24.5. The molecule has 5 rings (SSSR count). The number of halogens is 5. The molecule has 0 radical (unpaired) electrons. The molecule has 0 unspecified atom stereocenters. The number of hydrogen-bond donors (Lipinski definition) is 0. The number of carbonyl (C=O) groups is 1. The van der Waals surface area contributed by atoms with Gasteiger partial charge >= 0.3 is 6.18 Å². The minimum atomic E-state index is -4.68. The molecule has 1 saturated heterocycles. The summed E-state index contributed by atoms with van der Waals surface area (Å²) in [5.41, 5.74) is 0.366. The number of alkyl halides is 3. The molecule has 0 atom stereocenters. The Hall–Kier alpha value is -3.57. The van der Waals surface area contributed by atoms with Gasteiger partial charge in [-0.15, -0.1) is 0 Å². The van der Waals surface area contributed by atoms with E-state index in [1.807, 2.05) is 11.8 Å². The Morgan fingerprint density at radius 3 is 2.36 bits per heavy atom. The molecular formula is C30H29ClF4N2O4S. The third-order valence-corrected chi connectivity index (χ3v) is 8.93. The third kappa shape index (κ3) is 6.90. The van der Waals surface area contributed by atoms with Gasteiger partial charge in [-0.25, -0.2) is 12.8 Å². The van der Waals surface area contributed by atoms with Crippen LogP contribution in [0.1, 0.15) is 43.4 Å². The number of amides is 1. The Morgan fingerprint density at radius 1 is 1.05 bits per heavy atom. The SMILES string of the molecule is C/C(=C\c1ccc2c(c1)N(S(=O)(=O)c1cccc(C(F)(F)F)c1)CCO2)c1c(F)cccc1Cl.CCC(=O)N1CCC1. The molecule has 2 aliphatic rings. The number of fused-ring (bicyclic) bond motifs is 1. The van der Waals surface area contributed by atoms with Crippen LogP contribution in [0.5, 0.6) is 5.75 Å². The van der Waals surface area contributed by atoms with Gasteiger partial charge in [0.25, 0.3) is 10.0 Å². The molecule has 2 heterocycles. The maximum absolute atomic E-state index is 14.3. The predicted octanol–water partition coefficient (Wildman–Crippen LogP) is 7.27. The van der Waals surface area contributed by atoms with Crippen LogP contribution in [0.25, 0.3) is 11.6 Å². The van der Waals surface area contributed by atoms with Crippen LogP contribution in [0, 0.1) is 5.82 Å². The van der Waals surface area contributed by atoms with Crippen molar-refractivity contribution in [2.45, 2.75) is 37.8 Å². The second-order valence-electron chi connectivity index (χ2n) is 9.69. The average molecular weight is 625 g/mol. The zero-order chi connectivity index (χ0) is 30.7. The van der Waals surface area contributed by atoms with Gasteiger partial charge in [0.2, 0.25) is 5.91 Å². The Morgan fingerprint density at radius 2 is 1.76 bits per heavy atom. The molecule has 0 aliphatic carbocycles. The van der Waals surface area contributed by atoms with Gasteiger partial charge in [0.15, 0.2) is 0 Å². The highest BCUT2D eigenvalue weighted by Crippen LogP contribution is 2.38. The summed E-state index contributed by atoms with van der Waals surface area (Å²) in [4.78, 5) is 12.1. The fraction of sp³-hybridized carbons (Fsp3) is 0.300. The van der Waals surface area contributed by atoms with Crippen LogP contribution in [0.15, 0.2) is 65.6 Å². The third-order valence-electron chi connectivity index (χ3n) is 6.80. The molecule has 12 heteroatoms. The number of benzene rings is 3. The Labute approximate surface area is 247 Å². The van der Waals surface area contributed by atoms with Gasteiger partial charge in [-0.05, 0) is 66.9 Å². The topological polar surface area (TPSA) is 66.9 Å². The van der Waals surface area contributed by atoms with Crippen LogP contribution >= 0.6 is 11.6 Å². The number of rotatable bonds is 5. The molecule has 0 saturated carbocycles. The van der Waals surface area contributed by atoms with Gasteiger partial charge in [-0.3, -0.25) is 9.10 Å². The normalized spacial score (nSPS) is 15.2. The van der Waals surface area contributed by atoms with E-state index >= 15 is 0 Å². The second kappa shape index (κ2) is 12.7. The van der Waals surface area contributed by atoms with Gasteiger partial charge in [-0.1, -0.05) is 42.8 Å². The number of hydrogen-bond acceptors (Lipinski definition) is 4. The number of ether oxygens (including phenoxy) is 1. The molecule has 6 nitrogen and oxygen atoms in total. The van der Waals surface area contributed by atoms with Crippen LogP contribution in [-0.4, -0.2) is 45.5 Å². The van der Waals surface area contributed by atoms with E-state index in [9.17, 15) is 30.8 Å². The fourth-order valence-electron chi connectivity index (χ4n) is 4.50. The first-order chi connectivity index (χ1) is 19.8.